The zero-order chi connectivity index (χ0) is 19.9. The quantitative estimate of drug-likeness (QED) is 0.416. The Morgan fingerprint density at radius 1 is 0.929 bits per heavy atom. The molecule has 2 aliphatic rings. The van der Waals surface area contributed by atoms with Crippen molar-refractivity contribution in [3.63, 3.8) is 0 Å². The van der Waals surface area contributed by atoms with Crippen molar-refractivity contribution in [2.45, 2.75) is 77.6 Å². The maximum Gasteiger partial charge on any atom is 0.162 e. The van der Waals surface area contributed by atoms with Crippen molar-refractivity contribution in [2.24, 2.45) is 23.7 Å². The van der Waals surface area contributed by atoms with Crippen LogP contribution < -0.4 is 0 Å². The summed E-state index contributed by atoms with van der Waals surface area (Å²) in [6.07, 6.45) is 16.6. The summed E-state index contributed by atoms with van der Waals surface area (Å²) in [5, 5.41) is 0. The molecule has 0 aromatic heterocycles. The molecule has 0 amide bonds. The van der Waals surface area contributed by atoms with E-state index in [1.807, 2.05) is 13.0 Å². The van der Waals surface area contributed by atoms with Gasteiger partial charge < -0.3 is 0 Å². The van der Waals surface area contributed by atoms with E-state index in [1.165, 1.54) is 57.4 Å². The molecule has 0 heterocycles. The Bertz CT molecular complexity index is 635. The number of alkyl halides is 1. The zero-order valence-electron chi connectivity index (χ0n) is 17.2. The molecule has 0 nitrogen and oxygen atoms in total. The third-order valence-electron chi connectivity index (χ3n) is 7.29. The second-order valence-corrected chi connectivity index (χ2v) is 9.06. The Morgan fingerprint density at radius 3 is 2.21 bits per heavy atom. The largest absolute Gasteiger partial charge is 0.251 e. The number of hydrogen-bond donors (Lipinski definition) is 0. The van der Waals surface area contributed by atoms with Gasteiger partial charge in [0, 0.05) is 0 Å². The summed E-state index contributed by atoms with van der Waals surface area (Å²) in [4.78, 5) is 0. The zero-order valence-corrected chi connectivity index (χ0v) is 17.2. The van der Waals surface area contributed by atoms with Crippen LogP contribution in [0.1, 0.15) is 75.3 Å². The van der Waals surface area contributed by atoms with Crippen LogP contribution in [0.5, 0.6) is 0 Å². The summed E-state index contributed by atoms with van der Waals surface area (Å²) >= 11 is 0. The number of benzene rings is 1. The highest BCUT2D eigenvalue weighted by Gasteiger charge is 2.30. The molecule has 0 aliphatic heterocycles. The summed E-state index contributed by atoms with van der Waals surface area (Å²) in [6, 6.07) is 2.92. The molecule has 3 rings (SSSR count). The molecule has 0 bridgehead atoms. The van der Waals surface area contributed by atoms with Gasteiger partial charge >= 0.3 is 0 Å². The molecular weight excluding hydrogens is 357 g/mol. The van der Waals surface area contributed by atoms with Crippen LogP contribution in [0, 0.1) is 42.2 Å². The summed E-state index contributed by atoms with van der Waals surface area (Å²) in [5.74, 6) is 1.64. The fraction of sp³-hybridized carbons (Fsp3) is 0.680. The van der Waals surface area contributed by atoms with Gasteiger partial charge in [-0.25, -0.2) is 8.78 Å². The van der Waals surface area contributed by atoms with E-state index >= 15 is 0 Å². The minimum absolute atomic E-state index is 0.249. The molecule has 1 aromatic rings. The average molecular weight is 393 g/mol. The third kappa shape index (κ3) is 5.64. The highest BCUT2D eigenvalue weighted by molar-refractivity contribution is 5.28. The Kier molecular flexibility index (Phi) is 8.05. The monoisotopic (exact) mass is 392 g/mol. The Hall–Kier alpha value is -1.25. The lowest BCUT2D eigenvalue weighted by Crippen LogP contribution is -2.25. The predicted molar refractivity (Wildman–Crippen MR) is 110 cm³/mol. The molecule has 3 heteroatoms. The van der Waals surface area contributed by atoms with Crippen molar-refractivity contribution in [2.75, 3.05) is 6.67 Å². The fourth-order valence-electron chi connectivity index (χ4n) is 5.45. The van der Waals surface area contributed by atoms with Gasteiger partial charge in [0.05, 0.1) is 6.67 Å². The first-order valence-corrected chi connectivity index (χ1v) is 11.2. The average Bonchev–Trinajstić information content (AvgIpc) is 2.72. The van der Waals surface area contributed by atoms with E-state index in [1.54, 1.807) is 6.07 Å². The third-order valence-corrected chi connectivity index (χ3v) is 7.29. The number of halogens is 3. The molecule has 2 saturated carbocycles. The van der Waals surface area contributed by atoms with Gasteiger partial charge in [-0.3, -0.25) is 4.39 Å². The molecule has 0 N–H and O–H groups in total. The maximum absolute atomic E-state index is 14.1. The number of allylic oxidation sites excluding steroid dienone is 2. The van der Waals surface area contributed by atoms with Crippen molar-refractivity contribution in [1.82, 2.24) is 0 Å². The van der Waals surface area contributed by atoms with Gasteiger partial charge in [0.2, 0.25) is 0 Å². The van der Waals surface area contributed by atoms with E-state index in [0.29, 0.717) is 30.2 Å². The van der Waals surface area contributed by atoms with Crippen molar-refractivity contribution >= 4 is 0 Å². The summed E-state index contributed by atoms with van der Waals surface area (Å²) in [5.41, 5.74) is 1.44. The molecule has 0 unspecified atom stereocenters. The van der Waals surface area contributed by atoms with Crippen molar-refractivity contribution in [3.8, 4) is 0 Å². The standard InChI is InChI=1S/C25H35F3/c1-18-5-16-24(27)25(28)23(18)15-10-20-8-13-22(14-9-20)21-11-6-19(7-12-21)4-2-3-17-26/h2,4-5,16,19-22H,3,6-15,17H2,1H3/b4-2+. The van der Waals surface area contributed by atoms with E-state index in [0.717, 1.165) is 23.8 Å². The second-order valence-electron chi connectivity index (χ2n) is 9.06. The minimum atomic E-state index is -0.723. The second kappa shape index (κ2) is 10.5. The predicted octanol–water partition coefficient (Wildman–Crippen LogP) is 7.73. The van der Waals surface area contributed by atoms with E-state index in [-0.39, 0.29) is 6.67 Å². The molecule has 156 valence electrons. The van der Waals surface area contributed by atoms with Crippen LogP contribution in [0.4, 0.5) is 13.2 Å². The lowest BCUT2D eigenvalue weighted by Gasteiger charge is -2.37. The van der Waals surface area contributed by atoms with Crippen molar-refractivity contribution in [3.05, 3.63) is 47.0 Å². The lowest BCUT2D eigenvalue weighted by molar-refractivity contribution is 0.152. The van der Waals surface area contributed by atoms with Gasteiger partial charge in [0.1, 0.15) is 0 Å². The first kappa shape index (κ1) is 21.5. The van der Waals surface area contributed by atoms with Crippen molar-refractivity contribution in [1.29, 1.82) is 0 Å². The molecular formula is C25H35F3. The van der Waals surface area contributed by atoms with Crippen LogP contribution in [0.15, 0.2) is 24.3 Å². The van der Waals surface area contributed by atoms with Crippen LogP contribution in [-0.2, 0) is 6.42 Å². The highest BCUT2D eigenvalue weighted by Crippen LogP contribution is 2.42. The fourth-order valence-corrected chi connectivity index (χ4v) is 5.45. The summed E-state index contributed by atoms with van der Waals surface area (Å²) < 4.78 is 39.8. The molecule has 0 atom stereocenters. The topological polar surface area (TPSA) is 0 Å². The van der Waals surface area contributed by atoms with E-state index in [2.05, 4.69) is 6.08 Å². The first-order chi connectivity index (χ1) is 13.6. The van der Waals surface area contributed by atoms with Crippen LogP contribution >= 0.6 is 0 Å². The van der Waals surface area contributed by atoms with Crippen LogP contribution in [-0.4, -0.2) is 6.67 Å². The van der Waals surface area contributed by atoms with E-state index < -0.39 is 11.6 Å². The normalized spacial score (nSPS) is 28.7. The van der Waals surface area contributed by atoms with Crippen LogP contribution in [0.2, 0.25) is 0 Å². The Labute approximate surface area is 168 Å². The number of hydrogen-bond acceptors (Lipinski definition) is 0. The Morgan fingerprint density at radius 2 is 1.57 bits per heavy atom. The van der Waals surface area contributed by atoms with Gasteiger partial charge in [-0.2, -0.15) is 0 Å². The van der Waals surface area contributed by atoms with Crippen LogP contribution in [0.25, 0.3) is 0 Å². The van der Waals surface area contributed by atoms with Gasteiger partial charge in [-0.1, -0.05) is 31.1 Å². The molecule has 0 spiro atoms. The summed E-state index contributed by atoms with van der Waals surface area (Å²) in [7, 11) is 0. The molecule has 0 radical (unpaired) electrons. The first-order valence-electron chi connectivity index (χ1n) is 11.2. The van der Waals surface area contributed by atoms with Gasteiger partial charge in [0.15, 0.2) is 11.6 Å². The molecule has 2 fully saturated rings. The van der Waals surface area contributed by atoms with E-state index in [4.69, 9.17) is 0 Å². The number of aryl methyl sites for hydroxylation is 1. The van der Waals surface area contributed by atoms with Gasteiger partial charge in [-0.05, 0) is 106 Å². The Balaban J connectivity index is 1.40. The molecule has 2 aliphatic carbocycles. The van der Waals surface area contributed by atoms with Crippen molar-refractivity contribution < 1.29 is 13.2 Å². The number of rotatable bonds is 7. The molecule has 28 heavy (non-hydrogen) atoms. The highest BCUT2D eigenvalue weighted by atomic mass is 19.2. The summed E-state index contributed by atoms with van der Waals surface area (Å²) in [6.45, 7) is 1.62. The smallest absolute Gasteiger partial charge is 0.162 e. The lowest BCUT2D eigenvalue weighted by atomic mass is 9.68. The van der Waals surface area contributed by atoms with E-state index in [9.17, 15) is 13.2 Å². The minimum Gasteiger partial charge on any atom is -0.251 e. The van der Waals surface area contributed by atoms with Gasteiger partial charge in [0.25, 0.3) is 0 Å². The molecule has 1 aromatic carbocycles. The van der Waals surface area contributed by atoms with Crippen LogP contribution in [0.3, 0.4) is 0 Å². The van der Waals surface area contributed by atoms with Gasteiger partial charge in [-0.15, -0.1) is 0 Å². The SMILES string of the molecule is Cc1ccc(F)c(F)c1CCC1CCC(C2CCC(/C=C/CCF)CC2)CC1. The molecule has 0 saturated heterocycles. The maximum atomic E-state index is 14.1.